The molecular formula is C18H22N2O2. The Morgan fingerprint density at radius 1 is 1.09 bits per heavy atom. The van der Waals surface area contributed by atoms with E-state index in [1.165, 1.54) is 0 Å². The first-order chi connectivity index (χ1) is 10.5. The lowest BCUT2D eigenvalue weighted by Crippen LogP contribution is -2.28. The van der Waals surface area contributed by atoms with Gasteiger partial charge in [-0.15, -0.1) is 0 Å². The summed E-state index contributed by atoms with van der Waals surface area (Å²) in [5, 5.41) is 5.66. The summed E-state index contributed by atoms with van der Waals surface area (Å²) in [6.45, 7) is 6.49. The molecule has 0 aliphatic rings. The fraction of sp³-hybridized carbons (Fsp3) is 0.278. The van der Waals surface area contributed by atoms with Crippen LogP contribution in [0.5, 0.6) is 5.75 Å². The van der Waals surface area contributed by atoms with Gasteiger partial charge in [0, 0.05) is 12.2 Å². The number of nitrogens with one attached hydrogen (secondary N) is 2. The van der Waals surface area contributed by atoms with Gasteiger partial charge in [0.1, 0.15) is 5.75 Å². The first-order valence-electron chi connectivity index (χ1n) is 7.40. The van der Waals surface area contributed by atoms with Crippen molar-refractivity contribution in [1.82, 2.24) is 5.32 Å². The summed E-state index contributed by atoms with van der Waals surface area (Å²) in [5.41, 5.74) is 3.01. The van der Waals surface area contributed by atoms with Gasteiger partial charge in [-0.1, -0.05) is 24.3 Å². The second kappa shape index (κ2) is 7.50. The van der Waals surface area contributed by atoms with Crippen molar-refractivity contribution in [2.45, 2.75) is 33.4 Å². The topological polar surface area (TPSA) is 50.4 Å². The van der Waals surface area contributed by atoms with Gasteiger partial charge in [0.05, 0.1) is 6.10 Å². The molecule has 0 aliphatic heterocycles. The minimum Gasteiger partial charge on any atom is -0.491 e. The fourth-order valence-corrected chi connectivity index (χ4v) is 2.05. The maximum absolute atomic E-state index is 11.9. The summed E-state index contributed by atoms with van der Waals surface area (Å²) >= 11 is 0. The highest BCUT2D eigenvalue weighted by Gasteiger charge is 2.04. The van der Waals surface area contributed by atoms with Gasteiger partial charge in [-0.2, -0.15) is 0 Å². The van der Waals surface area contributed by atoms with Crippen molar-refractivity contribution in [3.05, 3.63) is 59.7 Å². The maximum atomic E-state index is 11.9. The Bertz CT molecular complexity index is 621. The monoisotopic (exact) mass is 298 g/mol. The van der Waals surface area contributed by atoms with Gasteiger partial charge in [-0.3, -0.25) is 0 Å². The molecule has 116 valence electrons. The standard InChI is InChI=1S/C18H22N2O2/c1-13(2)22-17-10-8-16(9-11-17)20-18(21)19-12-15-7-5-4-6-14(15)3/h4-11,13H,12H2,1-3H3,(H2,19,20,21). The zero-order chi connectivity index (χ0) is 15.9. The molecule has 4 nitrogen and oxygen atoms in total. The summed E-state index contributed by atoms with van der Waals surface area (Å²) in [7, 11) is 0. The molecule has 0 aromatic heterocycles. The molecule has 0 saturated heterocycles. The average molecular weight is 298 g/mol. The number of carbonyl (C=O) groups excluding carboxylic acids is 1. The molecule has 2 aromatic rings. The molecule has 2 rings (SSSR count). The third-order valence-electron chi connectivity index (χ3n) is 3.18. The Balaban J connectivity index is 1.85. The lowest BCUT2D eigenvalue weighted by Gasteiger charge is -2.11. The van der Waals surface area contributed by atoms with Crippen LogP contribution in [0.3, 0.4) is 0 Å². The van der Waals surface area contributed by atoms with Crippen LogP contribution in [0.2, 0.25) is 0 Å². The highest BCUT2D eigenvalue weighted by molar-refractivity contribution is 5.89. The van der Waals surface area contributed by atoms with E-state index in [1.54, 1.807) is 0 Å². The molecule has 2 N–H and O–H groups in total. The number of ether oxygens (including phenoxy) is 1. The van der Waals surface area contributed by atoms with Crippen molar-refractivity contribution in [2.75, 3.05) is 5.32 Å². The number of hydrogen-bond acceptors (Lipinski definition) is 2. The van der Waals surface area contributed by atoms with Crippen molar-refractivity contribution in [1.29, 1.82) is 0 Å². The Morgan fingerprint density at radius 3 is 2.41 bits per heavy atom. The van der Waals surface area contributed by atoms with Gasteiger partial charge in [0.2, 0.25) is 0 Å². The van der Waals surface area contributed by atoms with E-state index < -0.39 is 0 Å². The third kappa shape index (κ3) is 4.81. The fourth-order valence-electron chi connectivity index (χ4n) is 2.05. The van der Waals surface area contributed by atoms with Crippen LogP contribution < -0.4 is 15.4 Å². The SMILES string of the molecule is Cc1ccccc1CNC(=O)Nc1ccc(OC(C)C)cc1. The number of hydrogen-bond donors (Lipinski definition) is 2. The van der Waals surface area contributed by atoms with Gasteiger partial charge < -0.3 is 15.4 Å². The van der Waals surface area contributed by atoms with Crippen LogP contribution in [0.25, 0.3) is 0 Å². The predicted molar refractivity (Wildman–Crippen MR) is 89.2 cm³/mol. The van der Waals surface area contributed by atoms with Crippen molar-refractivity contribution in [2.24, 2.45) is 0 Å². The maximum Gasteiger partial charge on any atom is 0.319 e. The molecule has 2 amide bonds. The number of anilines is 1. The summed E-state index contributed by atoms with van der Waals surface area (Å²) in [4.78, 5) is 11.9. The average Bonchev–Trinajstić information content (AvgIpc) is 2.48. The third-order valence-corrected chi connectivity index (χ3v) is 3.18. The summed E-state index contributed by atoms with van der Waals surface area (Å²) < 4.78 is 5.56. The van der Waals surface area contributed by atoms with E-state index in [1.807, 2.05) is 69.3 Å². The minimum atomic E-state index is -0.221. The Hall–Kier alpha value is -2.49. The number of aryl methyl sites for hydroxylation is 1. The number of rotatable bonds is 5. The second-order valence-electron chi connectivity index (χ2n) is 5.43. The summed E-state index contributed by atoms with van der Waals surface area (Å²) in [6.07, 6.45) is 0.135. The van der Waals surface area contributed by atoms with Crippen LogP contribution in [-0.4, -0.2) is 12.1 Å². The zero-order valence-electron chi connectivity index (χ0n) is 13.2. The molecule has 4 heteroatoms. The molecule has 0 fully saturated rings. The molecule has 0 aliphatic carbocycles. The highest BCUT2D eigenvalue weighted by atomic mass is 16.5. The van der Waals surface area contributed by atoms with E-state index >= 15 is 0 Å². The van der Waals surface area contributed by atoms with Crippen LogP contribution in [0.4, 0.5) is 10.5 Å². The molecule has 2 aromatic carbocycles. The molecule has 22 heavy (non-hydrogen) atoms. The second-order valence-corrected chi connectivity index (χ2v) is 5.43. The van der Waals surface area contributed by atoms with Gasteiger partial charge in [0.15, 0.2) is 0 Å². The lowest BCUT2D eigenvalue weighted by molar-refractivity contribution is 0.242. The molecular weight excluding hydrogens is 276 g/mol. The quantitative estimate of drug-likeness (QED) is 0.873. The Labute approximate surface area is 131 Å². The van der Waals surface area contributed by atoms with E-state index in [0.717, 1.165) is 22.6 Å². The molecule has 0 bridgehead atoms. The van der Waals surface area contributed by atoms with Crippen molar-refractivity contribution in [3.63, 3.8) is 0 Å². The van der Waals surface area contributed by atoms with E-state index in [-0.39, 0.29) is 12.1 Å². The zero-order valence-corrected chi connectivity index (χ0v) is 13.2. The van der Waals surface area contributed by atoms with Crippen LogP contribution in [0.1, 0.15) is 25.0 Å². The molecule has 0 saturated carbocycles. The summed E-state index contributed by atoms with van der Waals surface area (Å²) in [6, 6.07) is 15.1. The molecule has 0 spiro atoms. The number of urea groups is 1. The molecule has 0 radical (unpaired) electrons. The van der Waals surface area contributed by atoms with E-state index in [9.17, 15) is 4.79 Å². The largest absolute Gasteiger partial charge is 0.491 e. The van der Waals surface area contributed by atoms with Gasteiger partial charge in [-0.05, 0) is 56.2 Å². The van der Waals surface area contributed by atoms with Crippen molar-refractivity contribution in [3.8, 4) is 5.75 Å². The van der Waals surface area contributed by atoms with Crippen LogP contribution >= 0.6 is 0 Å². The van der Waals surface area contributed by atoms with Gasteiger partial charge in [-0.25, -0.2) is 4.79 Å². The molecule has 0 atom stereocenters. The van der Waals surface area contributed by atoms with E-state index in [0.29, 0.717) is 6.54 Å². The van der Waals surface area contributed by atoms with Crippen LogP contribution in [0.15, 0.2) is 48.5 Å². The first-order valence-corrected chi connectivity index (χ1v) is 7.40. The van der Waals surface area contributed by atoms with Crippen LogP contribution in [0, 0.1) is 6.92 Å². The number of carbonyl (C=O) groups is 1. The van der Waals surface area contributed by atoms with Crippen molar-refractivity contribution >= 4 is 11.7 Å². The minimum absolute atomic E-state index is 0.135. The Morgan fingerprint density at radius 2 is 1.77 bits per heavy atom. The molecule has 0 heterocycles. The molecule has 0 unspecified atom stereocenters. The predicted octanol–water partition coefficient (Wildman–Crippen LogP) is 4.10. The van der Waals surface area contributed by atoms with E-state index in [2.05, 4.69) is 10.6 Å². The summed E-state index contributed by atoms with van der Waals surface area (Å²) in [5.74, 6) is 0.792. The van der Waals surface area contributed by atoms with Crippen molar-refractivity contribution < 1.29 is 9.53 Å². The number of benzene rings is 2. The Kier molecular flexibility index (Phi) is 5.42. The smallest absolute Gasteiger partial charge is 0.319 e. The van der Waals surface area contributed by atoms with Gasteiger partial charge >= 0.3 is 6.03 Å². The van der Waals surface area contributed by atoms with Crippen LogP contribution in [-0.2, 0) is 6.54 Å². The first kappa shape index (κ1) is 15.9. The van der Waals surface area contributed by atoms with E-state index in [4.69, 9.17) is 4.74 Å². The normalized spacial score (nSPS) is 10.4. The number of amides is 2. The van der Waals surface area contributed by atoms with Gasteiger partial charge in [0.25, 0.3) is 0 Å². The highest BCUT2D eigenvalue weighted by Crippen LogP contribution is 2.16. The lowest BCUT2D eigenvalue weighted by atomic mass is 10.1.